The van der Waals surface area contributed by atoms with Crippen LogP contribution < -0.4 is 5.32 Å². The van der Waals surface area contributed by atoms with Crippen LogP contribution in [0.5, 0.6) is 0 Å². The van der Waals surface area contributed by atoms with E-state index in [9.17, 15) is 9.59 Å². The summed E-state index contributed by atoms with van der Waals surface area (Å²) in [5.74, 6) is 1.45. The minimum atomic E-state index is 0.0103. The highest BCUT2D eigenvalue weighted by Crippen LogP contribution is 2.17. The molecule has 0 atom stereocenters. The molecule has 3 heterocycles. The fraction of sp³-hybridized carbons (Fsp3) is 0.444. The minimum Gasteiger partial charge on any atom is -0.466 e. The summed E-state index contributed by atoms with van der Waals surface area (Å²) in [6, 6.07) is 5.78. The maximum atomic E-state index is 12.6. The minimum absolute atomic E-state index is 0.0103. The predicted molar refractivity (Wildman–Crippen MR) is 96.7 cm³/mol. The molecule has 0 spiro atoms. The van der Waals surface area contributed by atoms with Gasteiger partial charge in [0.15, 0.2) is 0 Å². The van der Waals surface area contributed by atoms with E-state index in [0.29, 0.717) is 50.6 Å². The first kappa shape index (κ1) is 17.7. The maximum Gasteiger partial charge on any atom is 0.257 e. The lowest BCUT2D eigenvalue weighted by atomic mass is 10.2. The molecule has 1 aliphatic heterocycles. The normalized spacial score (nSPS) is 15.4. The van der Waals surface area contributed by atoms with Gasteiger partial charge in [-0.1, -0.05) is 6.07 Å². The number of thiophene rings is 1. The number of carbonyl (C=O) groups excluding carboxylic acids is 2. The number of hydrogen-bond donors (Lipinski definition) is 1. The van der Waals surface area contributed by atoms with E-state index in [1.54, 1.807) is 17.4 Å². The number of aryl methyl sites for hydroxylation is 2. The molecule has 3 rings (SSSR count). The number of nitrogens with zero attached hydrogens (tertiary/aromatic N) is 2. The van der Waals surface area contributed by atoms with Crippen LogP contribution in [-0.4, -0.2) is 54.3 Å². The van der Waals surface area contributed by atoms with E-state index in [0.717, 1.165) is 10.6 Å². The van der Waals surface area contributed by atoms with Crippen molar-refractivity contribution in [3.63, 3.8) is 0 Å². The second kappa shape index (κ2) is 7.84. The summed E-state index contributed by atoms with van der Waals surface area (Å²) in [5.41, 5.74) is 0.639. The lowest BCUT2D eigenvalue weighted by molar-refractivity contribution is -0.122. The molecule has 25 heavy (non-hydrogen) atoms. The van der Waals surface area contributed by atoms with Gasteiger partial charge >= 0.3 is 0 Å². The third-order valence-corrected chi connectivity index (χ3v) is 5.21. The molecular formula is C18H23N3O3S. The molecule has 6 nitrogen and oxygen atoms in total. The van der Waals surface area contributed by atoms with Crippen LogP contribution in [0.2, 0.25) is 0 Å². The van der Waals surface area contributed by atoms with Gasteiger partial charge in [0.2, 0.25) is 5.91 Å². The number of carbonyl (C=O) groups is 2. The average molecular weight is 361 g/mol. The second-order valence-electron chi connectivity index (χ2n) is 6.25. The van der Waals surface area contributed by atoms with Crippen LogP contribution >= 0.6 is 11.3 Å². The molecule has 134 valence electrons. The van der Waals surface area contributed by atoms with Crippen LogP contribution in [0.4, 0.5) is 0 Å². The van der Waals surface area contributed by atoms with Gasteiger partial charge in [-0.15, -0.1) is 11.3 Å². The highest BCUT2D eigenvalue weighted by atomic mass is 32.1. The average Bonchev–Trinajstić information content (AvgIpc) is 3.22. The summed E-state index contributed by atoms with van der Waals surface area (Å²) in [4.78, 5) is 29.7. The third kappa shape index (κ3) is 4.49. The summed E-state index contributed by atoms with van der Waals surface area (Å²) in [6.45, 7) is 7.26. The van der Waals surface area contributed by atoms with Crippen molar-refractivity contribution in [2.45, 2.75) is 20.4 Å². The number of amides is 2. The summed E-state index contributed by atoms with van der Waals surface area (Å²) in [5, 5.41) is 4.94. The standard InChI is InChI=1S/C18H23N3O3S/c1-13-10-16(14(2)24-13)18(23)21-7-5-20(6-8-21)12-17(22)19-11-15-4-3-9-25-15/h3-4,9-10H,5-8,11-12H2,1-2H3,(H,19,22). The Hall–Kier alpha value is -2.12. The zero-order valence-corrected chi connectivity index (χ0v) is 15.4. The number of hydrogen-bond acceptors (Lipinski definition) is 5. The number of nitrogens with one attached hydrogen (secondary N) is 1. The van der Waals surface area contributed by atoms with Gasteiger partial charge in [0.1, 0.15) is 11.5 Å². The van der Waals surface area contributed by atoms with E-state index in [1.165, 1.54) is 0 Å². The van der Waals surface area contributed by atoms with Gasteiger partial charge < -0.3 is 14.6 Å². The topological polar surface area (TPSA) is 65.8 Å². The van der Waals surface area contributed by atoms with E-state index in [2.05, 4.69) is 10.2 Å². The van der Waals surface area contributed by atoms with Crippen molar-refractivity contribution in [1.82, 2.24) is 15.1 Å². The zero-order valence-electron chi connectivity index (χ0n) is 14.6. The monoisotopic (exact) mass is 361 g/mol. The van der Waals surface area contributed by atoms with E-state index in [-0.39, 0.29) is 11.8 Å². The zero-order chi connectivity index (χ0) is 17.8. The molecule has 0 aliphatic carbocycles. The molecular weight excluding hydrogens is 338 g/mol. The molecule has 1 N–H and O–H groups in total. The predicted octanol–water partition coefficient (Wildman–Crippen LogP) is 2.03. The third-order valence-electron chi connectivity index (χ3n) is 4.34. The number of furan rings is 1. The fourth-order valence-corrected chi connectivity index (χ4v) is 3.62. The Balaban J connectivity index is 1.44. The number of piperazine rings is 1. The molecule has 1 fully saturated rings. The smallest absolute Gasteiger partial charge is 0.257 e. The molecule has 1 aliphatic rings. The molecule has 0 saturated carbocycles. The SMILES string of the molecule is Cc1cc(C(=O)N2CCN(CC(=O)NCc3cccs3)CC2)c(C)o1. The lowest BCUT2D eigenvalue weighted by Crippen LogP contribution is -2.51. The van der Waals surface area contributed by atoms with Crippen molar-refractivity contribution in [2.75, 3.05) is 32.7 Å². The van der Waals surface area contributed by atoms with Crippen LogP contribution in [-0.2, 0) is 11.3 Å². The molecule has 7 heteroatoms. The summed E-state index contributed by atoms with van der Waals surface area (Å²) >= 11 is 1.64. The first-order valence-corrected chi connectivity index (χ1v) is 9.28. The van der Waals surface area contributed by atoms with Crippen molar-refractivity contribution in [1.29, 1.82) is 0 Å². The van der Waals surface area contributed by atoms with Crippen molar-refractivity contribution < 1.29 is 14.0 Å². The Labute approximate surface area is 151 Å². The summed E-state index contributed by atoms with van der Waals surface area (Å²) in [6.07, 6.45) is 0. The molecule has 2 aromatic rings. The van der Waals surface area contributed by atoms with Crippen LogP contribution in [0.1, 0.15) is 26.8 Å². The largest absolute Gasteiger partial charge is 0.466 e. The Morgan fingerprint density at radius 2 is 2.00 bits per heavy atom. The van der Waals surface area contributed by atoms with Gasteiger partial charge in [0, 0.05) is 31.1 Å². The highest BCUT2D eigenvalue weighted by Gasteiger charge is 2.25. The van der Waals surface area contributed by atoms with Crippen LogP contribution in [0, 0.1) is 13.8 Å². The van der Waals surface area contributed by atoms with Gasteiger partial charge in [-0.25, -0.2) is 0 Å². The molecule has 0 unspecified atom stereocenters. The molecule has 2 aromatic heterocycles. The van der Waals surface area contributed by atoms with Crippen LogP contribution in [0.15, 0.2) is 28.0 Å². The van der Waals surface area contributed by atoms with Crippen molar-refractivity contribution in [3.8, 4) is 0 Å². The first-order valence-electron chi connectivity index (χ1n) is 8.40. The Morgan fingerprint density at radius 1 is 1.24 bits per heavy atom. The Kier molecular flexibility index (Phi) is 5.55. The van der Waals surface area contributed by atoms with Crippen LogP contribution in [0.3, 0.4) is 0 Å². The van der Waals surface area contributed by atoms with E-state index < -0.39 is 0 Å². The second-order valence-corrected chi connectivity index (χ2v) is 7.28. The fourth-order valence-electron chi connectivity index (χ4n) is 2.98. The molecule has 0 aromatic carbocycles. The Bertz CT molecular complexity index is 731. The van der Waals surface area contributed by atoms with Gasteiger partial charge in [0.05, 0.1) is 18.7 Å². The van der Waals surface area contributed by atoms with Crippen molar-refractivity contribution in [2.24, 2.45) is 0 Å². The van der Waals surface area contributed by atoms with E-state index in [4.69, 9.17) is 4.42 Å². The van der Waals surface area contributed by atoms with E-state index in [1.807, 2.05) is 36.3 Å². The van der Waals surface area contributed by atoms with Gasteiger partial charge in [-0.05, 0) is 31.4 Å². The molecule has 0 radical (unpaired) electrons. The summed E-state index contributed by atoms with van der Waals surface area (Å²) in [7, 11) is 0. The van der Waals surface area contributed by atoms with Crippen molar-refractivity contribution >= 4 is 23.2 Å². The van der Waals surface area contributed by atoms with Crippen LogP contribution in [0.25, 0.3) is 0 Å². The Morgan fingerprint density at radius 3 is 2.60 bits per heavy atom. The highest BCUT2D eigenvalue weighted by molar-refractivity contribution is 7.09. The summed E-state index contributed by atoms with van der Waals surface area (Å²) < 4.78 is 5.45. The lowest BCUT2D eigenvalue weighted by Gasteiger charge is -2.34. The quantitative estimate of drug-likeness (QED) is 0.885. The first-order chi connectivity index (χ1) is 12.0. The van der Waals surface area contributed by atoms with E-state index >= 15 is 0 Å². The molecule has 0 bridgehead atoms. The van der Waals surface area contributed by atoms with Gasteiger partial charge in [0.25, 0.3) is 5.91 Å². The maximum absolute atomic E-state index is 12.6. The molecule has 1 saturated heterocycles. The van der Waals surface area contributed by atoms with Gasteiger partial charge in [-0.3, -0.25) is 14.5 Å². The molecule has 2 amide bonds. The van der Waals surface area contributed by atoms with Crippen molar-refractivity contribution in [3.05, 3.63) is 45.5 Å². The number of rotatable bonds is 5. The van der Waals surface area contributed by atoms with Gasteiger partial charge in [-0.2, -0.15) is 0 Å².